The number of nitriles is 1. The molecule has 0 aliphatic heterocycles. The van der Waals surface area contributed by atoms with E-state index in [2.05, 4.69) is 19.7 Å². The Morgan fingerprint density at radius 3 is 2.23 bits per heavy atom. The summed E-state index contributed by atoms with van der Waals surface area (Å²) in [6, 6.07) is 8.91. The first kappa shape index (κ1) is 26.4. The standard InChI is InChI=1S/C16H20O4.C8H9NO/c1-2-16(18)20-12-6-4-3-5-11-19-15-9-7-14(13-17)8-10-15;1-7(6-9)4-5-8(2)10-3/h2,7-10,13H,1,3-6,11-12H2;4-5H,1-2H2,3H3/b;5-4-. The van der Waals surface area contributed by atoms with E-state index in [0.717, 1.165) is 37.7 Å². The summed E-state index contributed by atoms with van der Waals surface area (Å²) in [5, 5.41) is 8.25. The third kappa shape index (κ3) is 14.5. The van der Waals surface area contributed by atoms with E-state index in [1.165, 1.54) is 13.2 Å². The van der Waals surface area contributed by atoms with Crippen LogP contribution in [0, 0.1) is 11.3 Å². The molecule has 1 aromatic carbocycles. The molecule has 1 rings (SSSR count). The number of aldehydes is 1. The van der Waals surface area contributed by atoms with E-state index in [9.17, 15) is 9.59 Å². The summed E-state index contributed by atoms with van der Waals surface area (Å²) in [5.41, 5.74) is 1.03. The number of rotatable bonds is 13. The van der Waals surface area contributed by atoms with Crippen LogP contribution < -0.4 is 4.74 Å². The van der Waals surface area contributed by atoms with E-state index in [0.29, 0.717) is 30.1 Å². The lowest BCUT2D eigenvalue weighted by molar-refractivity contribution is -0.137. The maximum Gasteiger partial charge on any atom is 0.330 e. The number of nitrogens with zero attached hydrogens (tertiary/aromatic N) is 1. The van der Waals surface area contributed by atoms with Gasteiger partial charge in [0.25, 0.3) is 0 Å². The maximum absolute atomic E-state index is 10.8. The Hall–Kier alpha value is -3.59. The van der Waals surface area contributed by atoms with Crippen molar-refractivity contribution in [3.8, 4) is 11.8 Å². The topological polar surface area (TPSA) is 85.6 Å². The number of carbonyl (C=O) groups is 2. The molecule has 0 fully saturated rings. The SMILES string of the molecule is C=C(C#N)/C=C\C(=C)OC.C=CC(=O)OCCCCCCOc1ccc(C=O)cc1. The van der Waals surface area contributed by atoms with Gasteiger partial charge in [-0.15, -0.1) is 0 Å². The molecule has 0 aliphatic carbocycles. The Kier molecular flexibility index (Phi) is 15.4. The van der Waals surface area contributed by atoms with E-state index in [4.69, 9.17) is 19.5 Å². The van der Waals surface area contributed by atoms with Crippen molar-refractivity contribution in [3.63, 3.8) is 0 Å². The highest BCUT2D eigenvalue weighted by Crippen LogP contribution is 2.12. The second-order valence-electron chi connectivity index (χ2n) is 5.96. The smallest absolute Gasteiger partial charge is 0.330 e. The number of carbonyl (C=O) groups excluding carboxylic acids is 2. The normalized spacial score (nSPS) is 9.47. The largest absolute Gasteiger partial charge is 0.497 e. The minimum absolute atomic E-state index is 0.368. The molecule has 0 aromatic heterocycles. The van der Waals surface area contributed by atoms with Gasteiger partial charge in [-0.2, -0.15) is 5.26 Å². The minimum Gasteiger partial charge on any atom is -0.497 e. The van der Waals surface area contributed by atoms with Crippen LogP contribution in [0.15, 0.2) is 73.6 Å². The van der Waals surface area contributed by atoms with Gasteiger partial charge >= 0.3 is 5.97 Å². The lowest BCUT2D eigenvalue weighted by Crippen LogP contribution is -2.02. The molecule has 0 bridgehead atoms. The fourth-order valence-corrected chi connectivity index (χ4v) is 1.92. The van der Waals surface area contributed by atoms with Crippen molar-refractivity contribution in [2.75, 3.05) is 20.3 Å². The van der Waals surface area contributed by atoms with Gasteiger partial charge in [-0.05, 0) is 62.1 Å². The molecule has 30 heavy (non-hydrogen) atoms. The van der Waals surface area contributed by atoms with E-state index < -0.39 is 0 Å². The molecule has 0 atom stereocenters. The predicted molar refractivity (Wildman–Crippen MR) is 117 cm³/mol. The average molecular weight is 411 g/mol. The van der Waals surface area contributed by atoms with Crippen LogP contribution in [0.1, 0.15) is 36.0 Å². The molecule has 1 aromatic rings. The highest BCUT2D eigenvalue weighted by molar-refractivity contribution is 5.81. The fraction of sp³-hybridized carbons (Fsp3) is 0.292. The monoisotopic (exact) mass is 411 g/mol. The van der Waals surface area contributed by atoms with Crippen molar-refractivity contribution >= 4 is 12.3 Å². The summed E-state index contributed by atoms with van der Waals surface area (Å²) in [6.07, 6.45) is 8.94. The number of allylic oxidation sites excluding steroid dienone is 3. The first-order chi connectivity index (χ1) is 14.5. The number of benzene rings is 1. The lowest BCUT2D eigenvalue weighted by Gasteiger charge is -2.06. The zero-order chi connectivity index (χ0) is 22.6. The van der Waals surface area contributed by atoms with Crippen molar-refractivity contribution in [2.45, 2.75) is 25.7 Å². The number of esters is 1. The Labute approximate surface area is 178 Å². The number of hydrogen-bond acceptors (Lipinski definition) is 6. The number of unbranched alkanes of at least 4 members (excludes halogenated alkanes) is 3. The molecule has 0 spiro atoms. The van der Waals surface area contributed by atoms with Crippen molar-refractivity contribution in [1.29, 1.82) is 5.26 Å². The third-order valence-electron chi connectivity index (χ3n) is 3.61. The van der Waals surface area contributed by atoms with E-state index >= 15 is 0 Å². The Morgan fingerprint density at radius 1 is 1.07 bits per heavy atom. The molecular weight excluding hydrogens is 382 g/mol. The second-order valence-corrected chi connectivity index (χ2v) is 5.96. The van der Waals surface area contributed by atoms with E-state index in [-0.39, 0.29) is 5.97 Å². The van der Waals surface area contributed by atoms with Crippen LogP contribution in [-0.4, -0.2) is 32.6 Å². The van der Waals surface area contributed by atoms with Crippen molar-refractivity contribution in [2.24, 2.45) is 0 Å². The lowest BCUT2D eigenvalue weighted by atomic mass is 10.2. The second kappa shape index (κ2) is 17.5. The highest BCUT2D eigenvalue weighted by Gasteiger charge is 1.97. The molecule has 6 heteroatoms. The summed E-state index contributed by atoms with van der Waals surface area (Å²) < 4.78 is 15.1. The van der Waals surface area contributed by atoms with Gasteiger partial charge in [-0.3, -0.25) is 4.79 Å². The average Bonchev–Trinajstić information content (AvgIpc) is 2.79. The van der Waals surface area contributed by atoms with Crippen LogP contribution in [0.4, 0.5) is 0 Å². The number of ether oxygens (including phenoxy) is 3. The summed E-state index contributed by atoms with van der Waals surface area (Å²) in [7, 11) is 1.52. The summed E-state index contributed by atoms with van der Waals surface area (Å²) >= 11 is 0. The molecule has 160 valence electrons. The summed E-state index contributed by atoms with van der Waals surface area (Å²) in [5.74, 6) is 0.916. The van der Waals surface area contributed by atoms with E-state index in [1.54, 1.807) is 36.4 Å². The quantitative estimate of drug-likeness (QED) is 0.0868. The van der Waals surface area contributed by atoms with Crippen molar-refractivity contribution in [3.05, 3.63) is 79.1 Å². The van der Waals surface area contributed by atoms with Gasteiger partial charge in [0.15, 0.2) is 0 Å². The van der Waals surface area contributed by atoms with Gasteiger partial charge in [0.1, 0.15) is 17.8 Å². The van der Waals surface area contributed by atoms with E-state index in [1.807, 2.05) is 6.07 Å². The number of methoxy groups -OCH3 is 1. The van der Waals surface area contributed by atoms with Gasteiger partial charge in [0.05, 0.1) is 26.4 Å². The molecule has 0 heterocycles. The Morgan fingerprint density at radius 2 is 1.70 bits per heavy atom. The van der Waals surface area contributed by atoms with Crippen molar-refractivity contribution in [1.82, 2.24) is 0 Å². The fourth-order valence-electron chi connectivity index (χ4n) is 1.92. The van der Waals surface area contributed by atoms with Gasteiger partial charge in [0.2, 0.25) is 0 Å². The Balaban J connectivity index is 0.000000710. The minimum atomic E-state index is -0.368. The van der Waals surface area contributed by atoms with Crippen molar-refractivity contribution < 1.29 is 23.8 Å². The molecular formula is C24H29NO5. The molecule has 0 aliphatic rings. The third-order valence-corrected chi connectivity index (χ3v) is 3.61. The zero-order valence-electron chi connectivity index (χ0n) is 17.5. The van der Waals surface area contributed by atoms with Gasteiger partial charge in [-0.1, -0.05) is 19.7 Å². The highest BCUT2D eigenvalue weighted by atomic mass is 16.5. The van der Waals surface area contributed by atoms with Crippen LogP contribution in [0.25, 0.3) is 0 Å². The molecule has 0 radical (unpaired) electrons. The molecule has 0 unspecified atom stereocenters. The molecule has 0 N–H and O–H groups in total. The van der Waals surface area contributed by atoms with Crippen LogP contribution in [0.3, 0.4) is 0 Å². The van der Waals surface area contributed by atoms with Gasteiger partial charge in [-0.25, -0.2) is 4.79 Å². The molecule has 0 saturated carbocycles. The van der Waals surface area contributed by atoms with Crippen LogP contribution >= 0.6 is 0 Å². The molecule has 0 saturated heterocycles. The summed E-state index contributed by atoms with van der Waals surface area (Å²) in [4.78, 5) is 21.3. The van der Waals surface area contributed by atoms with Gasteiger partial charge in [0, 0.05) is 17.2 Å². The Bertz CT molecular complexity index is 757. The maximum atomic E-state index is 10.8. The summed E-state index contributed by atoms with van der Waals surface area (Å²) in [6.45, 7) is 11.4. The van der Waals surface area contributed by atoms with Crippen LogP contribution in [-0.2, 0) is 14.3 Å². The van der Waals surface area contributed by atoms with Crippen LogP contribution in [0.2, 0.25) is 0 Å². The van der Waals surface area contributed by atoms with Gasteiger partial charge < -0.3 is 14.2 Å². The molecule has 0 amide bonds. The number of hydrogen-bond donors (Lipinski definition) is 0. The first-order valence-electron chi connectivity index (χ1n) is 9.44. The molecule has 6 nitrogen and oxygen atoms in total. The van der Waals surface area contributed by atoms with Crippen LogP contribution in [0.5, 0.6) is 5.75 Å². The zero-order valence-corrected chi connectivity index (χ0v) is 17.5. The predicted octanol–water partition coefficient (Wildman–Crippen LogP) is 4.95. The first-order valence-corrected chi connectivity index (χ1v) is 9.44.